The van der Waals surface area contributed by atoms with Crippen molar-refractivity contribution in [2.24, 2.45) is 5.92 Å². The number of nitrogens with zero attached hydrogens (tertiary/aromatic N) is 10. The summed E-state index contributed by atoms with van der Waals surface area (Å²) in [6.45, 7) is 8.20. The fourth-order valence-electron chi connectivity index (χ4n) is 7.40. The maximum absolute atomic E-state index is 13.5. The zero-order valence-corrected chi connectivity index (χ0v) is 38.8. The number of thiophene rings is 1. The summed E-state index contributed by atoms with van der Waals surface area (Å²) in [6.07, 6.45) is 9.43. The van der Waals surface area contributed by atoms with Crippen LogP contribution in [0.5, 0.6) is 0 Å². The standard InChI is InChI=1S/C25H30FN7O2.C22H23N7O2S/c1-3-24(35)32-9-7-18(8-10-32)15-33-16-21(14-28-33)29-23-12-22(25(17(2)34)31-30-23)27-13-19-5-4-6-20(26)11-19;1-14(30)21-18(23-10-16-6-4-5-15-7-8-32-22(15)16)9-19(26-27-21)25-17-11-24-29(12-17)13-20(31)28(2)3/h4-6,11-12,14,16,18H,3,7-10,13,15H2,1-2H3,(H2,27,29,30);4-9,11-12H,10,13H2,1-3H3,(H2,23,25,26). The second-order valence-corrected chi connectivity index (χ2v) is 17.2. The summed E-state index contributed by atoms with van der Waals surface area (Å²) >= 11 is 1.69. The average molecular weight is 929 g/mol. The molecule has 18 nitrogen and oxygen atoms in total. The lowest BCUT2D eigenvalue weighted by molar-refractivity contribution is -0.132. The number of piperidine rings is 1. The number of benzene rings is 2. The number of nitrogens with one attached hydrogen (secondary N) is 4. The predicted molar refractivity (Wildman–Crippen MR) is 256 cm³/mol. The minimum absolute atomic E-state index is 0.0579. The summed E-state index contributed by atoms with van der Waals surface area (Å²) in [4.78, 5) is 51.3. The number of likely N-dealkylation sites (N-methyl/N-ethyl adjacent to an activating group) is 1. The van der Waals surface area contributed by atoms with E-state index in [4.69, 9.17) is 0 Å². The van der Waals surface area contributed by atoms with Crippen LogP contribution in [0.2, 0.25) is 0 Å². The summed E-state index contributed by atoms with van der Waals surface area (Å²) in [5.74, 6) is 0.850. The maximum Gasteiger partial charge on any atom is 0.243 e. The van der Waals surface area contributed by atoms with Gasteiger partial charge in [0, 0.05) is 96.3 Å². The Hall–Kier alpha value is -7.61. The van der Waals surface area contributed by atoms with Crippen LogP contribution in [-0.2, 0) is 35.8 Å². The van der Waals surface area contributed by atoms with Crippen molar-refractivity contribution in [3.8, 4) is 0 Å². The SMILES string of the molecule is CC(=O)c1nnc(Nc2cnn(CC(=O)N(C)C)c2)cc1NCc1cccc2ccsc12.CCC(=O)N1CCC(Cn2cc(Nc3cc(NCc4cccc(F)c4)c(C(C)=O)nn3)cn2)CC1. The summed E-state index contributed by atoms with van der Waals surface area (Å²) in [6, 6.07) is 18.0. The van der Waals surface area contributed by atoms with Crippen molar-refractivity contribution in [2.75, 3.05) is 48.5 Å². The summed E-state index contributed by atoms with van der Waals surface area (Å²) in [5, 5.41) is 41.1. The first kappa shape index (κ1) is 47.4. The number of hydrogen-bond donors (Lipinski definition) is 4. The van der Waals surface area contributed by atoms with Gasteiger partial charge in [-0.1, -0.05) is 37.3 Å². The molecule has 0 bridgehead atoms. The number of hydrogen-bond acceptors (Lipinski definition) is 15. The minimum Gasteiger partial charge on any atom is -0.379 e. The molecule has 5 aromatic heterocycles. The highest BCUT2D eigenvalue weighted by Gasteiger charge is 2.23. The van der Waals surface area contributed by atoms with Gasteiger partial charge in [-0.2, -0.15) is 10.2 Å². The van der Waals surface area contributed by atoms with Crippen LogP contribution in [0.25, 0.3) is 10.1 Å². The molecule has 67 heavy (non-hydrogen) atoms. The Bertz CT molecular complexity index is 2850. The molecule has 20 heteroatoms. The molecule has 2 amide bonds. The van der Waals surface area contributed by atoms with Crippen LogP contribution in [0.1, 0.15) is 72.1 Å². The van der Waals surface area contributed by atoms with Crippen LogP contribution in [0.4, 0.5) is 38.8 Å². The lowest BCUT2D eigenvalue weighted by Gasteiger charge is -2.31. The molecule has 0 unspecified atom stereocenters. The predicted octanol–water partition coefficient (Wildman–Crippen LogP) is 7.55. The molecular formula is C47H53FN14O4S. The van der Waals surface area contributed by atoms with Crippen molar-refractivity contribution in [3.63, 3.8) is 0 Å². The highest BCUT2D eigenvalue weighted by atomic mass is 32.1. The fraction of sp³-hybridized carbons (Fsp3) is 0.319. The highest BCUT2D eigenvalue weighted by molar-refractivity contribution is 7.17. The van der Waals surface area contributed by atoms with Crippen molar-refractivity contribution in [3.05, 3.63) is 119 Å². The molecule has 0 saturated carbocycles. The molecular weight excluding hydrogens is 876 g/mol. The quantitative estimate of drug-likeness (QED) is 0.0650. The number of ketones is 2. The van der Waals surface area contributed by atoms with E-state index in [9.17, 15) is 23.6 Å². The van der Waals surface area contributed by atoms with E-state index in [1.54, 1.807) is 73.0 Å². The molecule has 0 aliphatic carbocycles. The molecule has 4 N–H and O–H groups in total. The molecule has 1 saturated heterocycles. The zero-order chi connectivity index (χ0) is 47.5. The molecule has 8 rings (SSSR count). The van der Waals surface area contributed by atoms with Gasteiger partial charge in [0.1, 0.15) is 12.4 Å². The van der Waals surface area contributed by atoms with E-state index in [0.29, 0.717) is 54.1 Å². The topological polar surface area (TPSA) is 210 Å². The Kier molecular flexibility index (Phi) is 15.6. The summed E-state index contributed by atoms with van der Waals surface area (Å²) < 4.78 is 18.1. The van der Waals surface area contributed by atoms with Gasteiger partial charge in [-0.15, -0.1) is 31.7 Å². The first-order valence-electron chi connectivity index (χ1n) is 21.8. The van der Waals surface area contributed by atoms with Crippen molar-refractivity contribution in [1.29, 1.82) is 0 Å². The number of halogens is 1. The van der Waals surface area contributed by atoms with Gasteiger partial charge in [0.25, 0.3) is 0 Å². The van der Waals surface area contributed by atoms with E-state index in [2.05, 4.69) is 75.4 Å². The van der Waals surface area contributed by atoms with Crippen molar-refractivity contribution >= 4 is 79.2 Å². The number of Topliss-reactive ketones (excluding diaryl/α,β-unsaturated/α-hetero) is 2. The smallest absolute Gasteiger partial charge is 0.243 e. The van der Waals surface area contributed by atoms with E-state index >= 15 is 0 Å². The zero-order valence-electron chi connectivity index (χ0n) is 38.0. The highest BCUT2D eigenvalue weighted by Crippen LogP contribution is 2.28. The van der Waals surface area contributed by atoms with E-state index in [1.165, 1.54) is 41.0 Å². The third-order valence-electron chi connectivity index (χ3n) is 11.0. The van der Waals surface area contributed by atoms with Crippen LogP contribution in [-0.4, -0.2) is 100 Å². The lowest BCUT2D eigenvalue weighted by atomic mass is 9.96. The summed E-state index contributed by atoms with van der Waals surface area (Å²) in [7, 11) is 3.40. The Morgan fingerprint density at radius 2 is 1.39 bits per heavy atom. The van der Waals surface area contributed by atoms with Crippen molar-refractivity contribution < 1.29 is 23.6 Å². The molecule has 2 aromatic carbocycles. The number of likely N-dealkylation sites (tertiary alicyclic amines) is 1. The molecule has 1 fully saturated rings. The van der Waals surface area contributed by atoms with Gasteiger partial charge >= 0.3 is 0 Å². The molecule has 1 aliphatic heterocycles. The normalized spacial score (nSPS) is 12.5. The number of aromatic nitrogens is 8. The molecule has 1 aliphatic rings. The number of anilines is 6. The van der Waals surface area contributed by atoms with Crippen LogP contribution in [0, 0.1) is 11.7 Å². The Morgan fingerprint density at radius 3 is 2.00 bits per heavy atom. The number of rotatable bonds is 17. The van der Waals surface area contributed by atoms with Gasteiger partial charge < -0.3 is 31.1 Å². The average Bonchev–Trinajstić information content (AvgIpc) is 4.10. The van der Waals surface area contributed by atoms with Gasteiger partial charge in [0.2, 0.25) is 11.8 Å². The van der Waals surface area contributed by atoms with E-state index in [0.717, 1.165) is 49.3 Å². The van der Waals surface area contributed by atoms with Crippen LogP contribution < -0.4 is 21.3 Å². The molecule has 6 heterocycles. The molecule has 0 atom stereocenters. The lowest BCUT2D eigenvalue weighted by Crippen LogP contribution is -2.38. The van der Waals surface area contributed by atoms with E-state index in [-0.39, 0.29) is 47.1 Å². The Balaban J connectivity index is 0.000000200. The van der Waals surface area contributed by atoms with Gasteiger partial charge in [-0.3, -0.25) is 28.5 Å². The number of carbonyl (C=O) groups is 4. The van der Waals surface area contributed by atoms with Crippen molar-refractivity contribution in [1.82, 2.24) is 49.8 Å². The van der Waals surface area contributed by atoms with Gasteiger partial charge in [0.15, 0.2) is 34.6 Å². The number of fused-ring (bicyclic) bond motifs is 1. The number of carbonyl (C=O) groups excluding carboxylic acids is 4. The van der Waals surface area contributed by atoms with Crippen molar-refractivity contribution in [2.45, 2.75) is 66.2 Å². The van der Waals surface area contributed by atoms with E-state index in [1.807, 2.05) is 28.8 Å². The van der Waals surface area contributed by atoms with E-state index < -0.39 is 0 Å². The largest absolute Gasteiger partial charge is 0.379 e. The molecule has 0 radical (unpaired) electrons. The first-order valence-corrected chi connectivity index (χ1v) is 22.7. The molecule has 0 spiro atoms. The molecule has 348 valence electrons. The minimum atomic E-state index is -0.316. The third kappa shape index (κ3) is 12.8. The van der Waals surface area contributed by atoms with Crippen LogP contribution >= 0.6 is 11.3 Å². The number of amides is 2. The fourth-order valence-corrected chi connectivity index (χ4v) is 8.31. The monoisotopic (exact) mass is 928 g/mol. The Morgan fingerprint density at radius 1 is 0.776 bits per heavy atom. The third-order valence-corrected chi connectivity index (χ3v) is 12.0. The second-order valence-electron chi connectivity index (χ2n) is 16.3. The van der Waals surface area contributed by atoms with Crippen LogP contribution in [0.15, 0.2) is 90.8 Å². The van der Waals surface area contributed by atoms with Gasteiger partial charge in [-0.25, -0.2) is 4.39 Å². The summed E-state index contributed by atoms with van der Waals surface area (Å²) in [5.41, 5.74) is 4.91. The molecule has 7 aromatic rings. The van der Waals surface area contributed by atoms with Gasteiger partial charge in [0.05, 0.1) is 35.1 Å². The second kappa shape index (κ2) is 22.1. The Labute approximate surface area is 391 Å². The first-order chi connectivity index (χ1) is 32.3. The van der Waals surface area contributed by atoms with Gasteiger partial charge in [-0.05, 0) is 58.9 Å². The van der Waals surface area contributed by atoms with Crippen LogP contribution in [0.3, 0.4) is 0 Å². The maximum atomic E-state index is 13.5.